The zero-order valence-corrected chi connectivity index (χ0v) is 11.5. The lowest BCUT2D eigenvalue weighted by Gasteiger charge is -2.57. The van der Waals surface area contributed by atoms with E-state index in [2.05, 4.69) is 14.9 Å². The predicted molar refractivity (Wildman–Crippen MR) is 72.3 cm³/mol. The fourth-order valence-electron chi connectivity index (χ4n) is 5.61. The minimum Gasteiger partial charge on any atom is -0.379 e. The van der Waals surface area contributed by atoms with Gasteiger partial charge >= 0.3 is 0 Å². The van der Waals surface area contributed by atoms with E-state index in [1.165, 1.54) is 51.4 Å². The lowest BCUT2D eigenvalue weighted by Crippen LogP contribution is -2.45. The van der Waals surface area contributed by atoms with Gasteiger partial charge in [-0.3, -0.25) is 0 Å². The van der Waals surface area contributed by atoms with Gasteiger partial charge in [-0.15, -0.1) is 0 Å². The maximum absolute atomic E-state index is 5.72. The molecule has 2 N–H and O–H groups in total. The van der Waals surface area contributed by atoms with Crippen molar-refractivity contribution >= 4 is 5.82 Å². The normalized spacial score (nSPS) is 39.9. The van der Waals surface area contributed by atoms with Crippen molar-refractivity contribution in [3.8, 4) is 0 Å². The van der Waals surface area contributed by atoms with E-state index in [9.17, 15) is 0 Å². The summed E-state index contributed by atoms with van der Waals surface area (Å²) in [6, 6.07) is 0. The number of rotatable bonds is 4. The molecule has 5 rings (SSSR count). The summed E-state index contributed by atoms with van der Waals surface area (Å²) < 4.78 is 4.67. The molecule has 4 heteroatoms. The number of aromatic nitrogens is 2. The summed E-state index contributed by atoms with van der Waals surface area (Å²) in [6.07, 6.45) is 12.5. The standard InChI is InChI=1S/C15H23N3O/c16-14-13(17-19-18-14)2-1-3-15-7-10-4-11(8-15)6-12(5-10)9-15/h10-12H,1-9H2,(H2,16,18). The Balaban J connectivity index is 1.39. The van der Waals surface area contributed by atoms with Gasteiger partial charge in [0.05, 0.1) is 0 Å². The molecule has 4 aliphatic rings. The average molecular weight is 261 g/mol. The maximum atomic E-state index is 5.72. The van der Waals surface area contributed by atoms with E-state index in [4.69, 9.17) is 5.73 Å². The molecule has 104 valence electrons. The first-order valence-electron chi connectivity index (χ1n) is 7.79. The van der Waals surface area contributed by atoms with E-state index < -0.39 is 0 Å². The van der Waals surface area contributed by atoms with Crippen molar-refractivity contribution in [2.75, 3.05) is 5.73 Å². The van der Waals surface area contributed by atoms with E-state index in [0.717, 1.165) is 29.9 Å². The molecule has 1 heterocycles. The van der Waals surface area contributed by atoms with E-state index in [1.54, 1.807) is 0 Å². The minimum atomic E-state index is 0.477. The van der Waals surface area contributed by atoms with Gasteiger partial charge in [-0.2, -0.15) is 0 Å². The third-order valence-corrected chi connectivity index (χ3v) is 5.87. The van der Waals surface area contributed by atoms with Crippen LogP contribution >= 0.6 is 0 Å². The Morgan fingerprint density at radius 3 is 2.21 bits per heavy atom. The van der Waals surface area contributed by atoms with Crippen molar-refractivity contribution < 1.29 is 4.63 Å². The molecule has 4 aliphatic carbocycles. The highest BCUT2D eigenvalue weighted by Crippen LogP contribution is 2.61. The lowest BCUT2D eigenvalue weighted by molar-refractivity contribution is -0.0580. The zero-order chi connectivity index (χ0) is 12.9. The average Bonchev–Trinajstić information content (AvgIpc) is 2.73. The summed E-state index contributed by atoms with van der Waals surface area (Å²) in [5, 5.41) is 7.54. The summed E-state index contributed by atoms with van der Waals surface area (Å²) in [5.41, 5.74) is 7.24. The summed E-state index contributed by atoms with van der Waals surface area (Å²) in [4.78, 5) is 0. The van der Waals surface area contributed by atoms with Crippen LogP contribution in [-0.2, 0) is 6.42 Å². The second-order valence-electron chi connectivity index (χ2n) is 7.37. The summed E-state index contributed by atoms with van der Waals surface area (Å²) in [5.74, 6) is 3.62. The lowest BCUT2D eigenvalue weighted by atomic mass is 9.48. The van der Waals surface area contributed by atoms with Gasteiger partial charge < -0.3 is 5.73 Å². The second kappa shape index (κ2) is 4.22. The van der Waals surface area contributed by atoms with Crippen LogP contribution in [0.3, 0.4) is 0 Å². The van der Waals surface area contributed by atoms with Crippen LogP contribution in [0.5, 0.6) is 0 Å². The highest BCUT2D eigenvalue weighted by Gasteiger charge is 2.50. The van der Waals surface area contributed by atoms with Crippen LogP contribution in [0.4, 0.5) is 5.82 Å². The van der Waals surface area contributed by atoms with Gasteiger partial charge in [0.2, 0.25) is 0 Å². The first-order chi connectivity index (χ1) is 9.22. The van der Waals surface area contributed by atoms with E-state index in [1.807, 2.05) is 0 Å². The Morgan fingerprint density at radius 2 is 1.68 bits per heavy atom. The number of nitrogens with two attached hydrogens (primary N) is 1. The summed E-state index contributed by atoms with van der Waals surface area (Å²) in [6.45, 7) is 0. The molecule has 0 radical (unpaired) electrons. The number of nitrogens with zero attached hydrogens (tertiary/aromatic N) is 2. The van der Waals surface area contributed by atoms with E-state index in [0.29, 0.717) is 11.2 Å². The first-order valence-corrected chi connectivity index (χ1v) is 7.79. The number of nitrogen functional groups attached to an aromatic ring is 1. The van der Waals surface area contributed by atoms with Crippen LogP contribution in [-0.4, -0.2) is 10.3 Å². The minimum absolute atomic E-state index is 0.477. The predicted octanol–water partition coefficient (Wildman–Crippen LogP) is 3.19. The summed E-state index contributed by atoms with van der Waals surface area (Å²) >= 11 is 0. The molecule has 4 nitrogen and oxygen atoms in total. The molecule has 0 aromatic carbocycles. The molecule has 1 aromatic heterocycles. The van der Waals surface area contributed by atoms with Crippen LogP contribution in [0.2, 0.25) is 0 Å². The van der Waals surface area contributed by atoms with Crippen LogP contribution in [0.15, 0.2) is 4.63 Å². The number of hydrogen-bond acceptors (Lipinski definition) is 4. The molecule has 0 amide bonds. The van der Waals surface area contributed by atoms with Crippen molar-refractivity contribution in [1.82, 2.24) is 10.3 Å². The quantitative estimate of drug-likeness (QED) is 0.904. The van der Waals surface area contributed by atoms with Crippen LogP contribution in [0, 0.1) is 23.2 Å². The Morgan fingerprint density at radius 1 is 1.05 bits per heavy atom. The molecule has 0 spiro atoms. The topological polar surface area (TPSA) is 64.9 Å². The highest BCUT2D eigenvalue weighted by molar-refractivity contribution is 5.30. The molecule has 4 fully saturated rings. The fourth-order valence-corrected chi connectivity index (χ4v) is 5.61. The maximum Gasteiger partial charge on any atom is 0.191 e. The third-order valence-electron chi connectivity index (χ3n) is 5.87. The van der Waals surface area contributed by atoms with Gasteiger partial charge in [0.25, 0.3) is 0 Å². The Labute approximate surface area is 114 Å². The third kappa shape index (κ3) is 2.05. The Bertz CT molecular complexity index is 432. The fraction of sp³-hybridized carbons (Fsp3) is 0.867. The Kier molecular flexibility index (Phi) is 2.61. The van der Waals surface area contributed by atoms with E-state index >= 15 is 0 Å². The largest absolute Gasteiger partial charge is 0.379 e. The molecule has 0 saturated heterocycles. The molecule has 4 bridgehead atoms. The van der Waals surface area contributed by atoms with Gasteiger partial charge in [0.15, 0.2) is 5.82 Å². The van der Waals surface area contributed by atoms with Crippen LogP contribution in [0.1, 0.15) is 57.1 Å². The molecule has 0 atom stereocenters. The molecule has 4 saturated carbocycles. The molecular weight excluding hydrogens is 238 g/mol. The van der Waals surface area contributed by atoms with Gasteiger partial charge in [-0.1, -0.05) is 5.16 Å². The van der Waals surface area contributed by atoms with Crippen molar-refractivity contribution in [1.29, 1.82) is 0 Å². The SMILES string of the molecule is Nc1nonc1CCCC12CC3CC(CC(C3)C1)C2. The van der Waals surface area contributed by atoms with Gasteiger partial charge in [-0.25, -0.2) is 4.63 Å². The zero-order valence-electron chi connectivity index (χ0n) is 11.5. The monoisotopic (exact) mass is 261 g/mol. The Hall–Kier alpha value is -1.06. The van der Waals surface area contributed by atoms with Gasteiger partial charge in [0.1, 0.15) is 5.69 Å². The highest BCUT2D eigenvalue weighted by atomic mass is 16.6. The molecular formula is C15H23N3O. The molecule has 0 unspecified atom stereocenters. The number of anilines is 1. The van der Waals surface area contributed by atoms with Crippen LogP contribution in [0.25, 0.3) is 0 Å². The summed E-state index contributed by atoms with van der Waals surface area (Å²) in [7, 11) is 0. The molecule has 19 heavy (non-hydrogen) atoms. The first kappa shape index (κ1) is 11.7. The number of aryl methyl sites for hydroxylation is 1. The van der Waals surface area contributed by atoms with Crippen molar-refractivity contribution in [3.05, 3.63) is 5.69 Å². The van der Waals surface area contributed by atoms with Gasteiger partial charge in [-0.05, 0) is 86.1 Å². The van der Waals surface area contributed by atoms with Crippen molar-refractivity contribution in [2.45, 2.75) is 57.8 Å². The molecule has 0 aliphatic heterocycles. The van der Waals surface area contributed by atoms with E-state index in [-0.39, 0.29) is 0 Å². The smallest absolute Gasteiger partial charge is 0.191 e. The van der Waals surface area contributed by atoms with Gasteiger partial charge in [0, 0.05) is 0 Å². The van der Waals surface area contributed by atoms with Crippen molar-refractivity contribution in [2.24, 2.45) is 23.2 Å². The second-order valence-corrected chi connectivity index (χ2v) is 7.37. The number of hydrogen-bond donors (Lipinski definition) is 1. The van der Waals surface area contributed by atoms with Crippen molar-refractivity contribution in [3.63, 3.8) is 0 Å². The molecule has 1 aromatic rings. The van der Waals surface area contributed by atoms with Crippen LogP contribution < -0.4 is 5.73 Å².